The highest BCUT2D eigenvalue weighted by atomic mass is 32.2. The molecule has 0 unspecified atom stereocenters. The van der Waals surface area contributed by atoms with Crippen LogP contribution in [0.25, 0.3) is 0 Å². The van der Waals surface area contributed by atoms with Crippen LogP contribution in [0.4, 0.5) is 5.69 Å². The van der Waals surface area contributed by atoms with Crippen LogP contribution in [0.1, 0.15) is 35.4 Å². The zero-order chi connectivity index (χ0) is 21.1. The normalized spacial score (nSPS) is 18.5. The number of benzene rings is 1. The average Bonchev–Trinajstić information content (AvgIpc) is 3.46. The Labute approximate surface area is 181 Å². The van der Waals surface area contributed by atoms with Gasteiger partial charge in [0.2, 0.25) is 10.0 Å². The smallest absolute Gasteiger partial charge is 0.262 e. The Bertz CT molecular complexity index is 991. The summed E-state index contributed by atoms with van der Waals surface area (Å²) in [5.74, 6) is 0.504. The summed E-state index contributed by atoms with van der Waals surface area (Å²) in [6.07, 6.45) is 4.15. The van der Waals surface area contributed by atoms with Crippen molar-refractivity contribution in [2.75, 3.05) is 38.2 Å². The maximum atomic E-state index is 13.3. The van der Waals surface area contributed by atoms with E-state index in [0.29, 0.717) is 26.2 Å². The maximum Gasteiger partial charge on any atom is 0.262 e. The van der Waals surface area contributed by atoms with E-state index >= 15 is 0 Å². The summed E-state index contributed by atoms with van der Waals surface area (Å²) in [5.41, 5.74) is 1.01. The third-order valence-corrected chi connectivity index (χ3v) is 8.78. The molecule has 7 nitrogen and oxygen atoms in total. The summed E-state index contributed by atoms with van der Waals surface area (Å²) in [5, 5.41) is 4.69. The zero-order valence-electron chi connectivity index (χ0n) is 17.0. The predicted molar refractivity (Wildman–Crippen MR) is 118 cm³/mol. The van der Waals surface area contributed by atoms with Gasteiger partial charge in [0, 0.05) is 44.0 Å². The lowest BCUT2D eigenvalue weighted by molar-refractivity contribution is 0.0939. The number of methoxy groups -OCH3 is 1. The van der Waals surface area contributed by atoms with Crippen LogP contribution < -0.4 is 15.0 Å². The number of amides is 1. The Hall–Kier alpha value is -2.10. The summed E-state index contributed by atoms with van der Waals surface area (Å²) in [4.78, 5) is 15.3. The van der Waals surface area contributed by atoms with Crippen molar-refractivity contribution >= 4 is 33.0 Å². The lowest BCUT2D eigenvalue weighted by atomic mass is 10.2. The van der Waals surface area contributed by atoms with Crippen LogP contribution in [-0.4, -0.2) is 58.0 Å². The number of anilines is 1. The molecule has 0 bridgehead atoms. The Morgan fingerprint density at radius 2 is 1.87 bits per heavy atom. The first-order valence-corrected chi connectivity index (χ1v) is 12.6. The molecule has 162 valence electrons. The lowest BCUT2D eigenvalue weighted by Gasteiger charge is -2.35. The van der Waals surface area contributed by atoms with E-state index < -0.39 is 10.0 Å². The fraction of sp³-hybridized carbons (Fsp3) is 0.476. The SMILES string of the molecule is COc1cccc(N2CCN(S(=O)(=O)c3ccsc3C(=O)NC3CCCC3)CC2)c1. The van der Waals surface area contributed by atoms with Gasteiger partial charge in [-0.2, -0.15) is 4.31 Å². The molecule has 1 saturated carbocycles. The first-order chi connectivity index (χ1) is 14.5. The Morgan fingerprint density at radius 3 is 2.57 bits per heavy atom. The van der Waals surface area contributed by atoms with Crippen LogP contribution in [0, 0.1) is 0 Å². The molecule has 0 atom stereocenters. The monoisotopic (exact) mass is 449 g/mol. The summed E-state index contributed by atoms with van der Waals surface area (Å²) >= 11 is 1.19. The third-order valence-electron chi connectivity index (χ3n) is 5.80. The quantitative estimate of drug-likeness (QED) is 0.734. The molecule has 1 N–H and O–H groups in total. The van der Waals surface area contributed by atoms with Gasteiger partial charge in [0.1, 0.15) is 15.5 Å². The number of nitrogens with zero attached hydrogens (tertiary/aromatic N) is 2. The fourth-order valence-corrected chi connectivity index (χ4v) is 6.85. The van der Waals surface area contributed by atoms with Crippen LogP contribution in [0.3, 0.4) is 0 Å². The highest BCUT2D eigenvalue weighted by Crippen LogP contribution is 2.28. The summed E-state index contributed by atoms with van der Waals surface area (Å²) < 4.78 is 33.3. The number of hydrogen-bond donors (Lipinski definition) is 1. The standard InChI is InChI=1S/C21H27N3O4S2/c1-28-18-8-4-7-17(15-18)23-10-12-24(13-11-23)30(26,27)19-9-14-29-20(19)21(25)22-16-5-2-3-6-16/h4,7-9,14-16H,2-3,5-6,10-13H2,1H3,(H,22,25). The molecule has 1 saturated heterocycles. The Morgan fingerprint density at radius 1 is 1.13 bits per heavy atom. The number of rotatable bonds is 6. The fourth-order valence-electron chi connectivity index (χ4n) is 4.12. The molecule has 30 heavy (non-hydrogen) atoms. The molecule has 9 heteroatoms. The molecule has 2 fully saturated rings. The van der Waals surface area contributed by atoms with E-state index in [4.69, 9.17) is 4.74 Å². The van der Waals surface area contributed by atoms with Crippen LogP contribution in [0.15, 0.2) is 40.6 Å². The van der Waals surface area contributed by atoms with E-state index in [1.54, 1.807) is 18.6 Å². The second kappa shape index (κ2) is 8.95. The van der Waals surface area contributed by atoms with Gasteiger partial charge in [-0.15, -0.1) is 11.3 Å². The molecule has 1 aromatic carbocycles. The first-order valence-electron chi connectivity index (χ1n) is 10.3. The number of sulfonamides is 1. The van der Waals surface area contributed by atoms with Crippen LogP contribution in [-0.2, 0) is 10.0 Å². The molecule has 0 spiro atoms. The minimum atomic E-state index is -3.71. The Balaban J connectivity index is 1.45. The minimum Gasteiger partial charge on any atom is -0.497 e. The number of carbonyl (C=O) groups is 1. The predicted octanol–water partition coefficient (Wildman–Crippen LogP) is 2.94. The summed E-state index contributed by atoms with van der Waals surface area (Å²) in [6.45, 7) is 1.92. The number of carbonyl (C=O) groups excluding carboxylic acids is 1. The van der Waals surface area contributed by atoms with Gasteiger partial charge >= 0.3 is 0 Å². The highest BCUT2D eigenvalue weighted by Gasteiger charge is 2.33. The first kappa shape index (κ1) is 21.1. The second-order valence-electron chi connectivity index (χ2n) is 7.66. The van der Waals surface area contributed by atoms with Gasteiger partial charge in [0.25, 0.3) is 5.91 Å². The molecular weight excluding hydrogens is 422 g/mol. The second-order valence-corrected chi connectivity index (χ2v) is 10.5. The van der Waals surface area contributed by atoms with E-state index in [1.807, 2.05) is 24.3 Å². The van der Waals surface area contributed by atoms with Crippen LogP contribution >= 0.6 is 11.3 Å². The number of nitrogens with one attached hydrogen (secondary N) is 1. The van der Waals surface area contributed by atoms with Crippen LogP contribution in [0.5, 0.6) is 5.75 Å². The summed E-state index contributed by atoms with van der Waals surface area (Å²) in [7, 11) is -2.08. The van der Waals surface area contributed by atoms with Gasteiger partial charge in [-0.3, -0.25) is 4.79 Å². The van der Waals surface area contributed by atoms with Crippen molar-refractivity contribution in [2.45, 2.75) is 36.6 Å². The van der Waals surface area contributed by atoms with E-state index in [-0.39, 0.29) is 21.7 Å². The van der Waals surface area contributed by atoms with Gasteiger partial charge in [0.05, 0.1) is 7.11 Å². The molecule has 1 aliphatic carbocycles. The van der Waals surface area contributed by atoms with Crippen molar-refractivity contribution in [3.63, 3.8) is 0 Å². The number of ether oxygens (including phenoxy) is 1. The highest BCUT2D eigenvalue weighted by molar-refractivity contribution is 7.89. The average molecular weight is 450 g/mol. The van der Waals surface area contributed by atoms with Crippen molar-refractivity contribution in [2.24, 2.45) is 0 Å². The topological polar surface area (TPSA) is 79.0 Å². The van der Waals surface area contributed by atoms with Gasteiger partial charge < -0.3 is 15.0 Å². The van der Waals surface area contributed by atoms with E-state index in [9.17, 15) is 13.2 Å². The third kappa shape index (κ3) is 4.33. The maximum absolute atomic E-state index is 13.3. The molecular formula is C21H27N3O4S2. The van der Waals surface area contributed by atoms with Crippen molar-refractivity contribution in [1.29, 1.82) is 0 Å². The van der Waals surface area contributed by atoms with Gasteiger partial charge in [0.15, 0.2) is 0 Å². The van der Waals surface area contributed by atoms with Crippen molar-refractivity contribution in [1.82, 2.24) is 9.62 Å². The summed E-state index contributed by atoms with van der Waals surface area (Å²) in [6, 6.07) is 9.47. The molecule has 4 rings (SSSR count). The largest absolute Gasteiger partial charge is 0.497 e. The van der Waals surface area contributed by atoms with Crippen molar-refractivity contribution in [3.8, 4) is 5.75 Å². The lowest BCUT2D eigenvalue weighted by Crippen LogP contribution is -2.49. The van der Waals surface area contributed by atoms with E-state index in [2.05, 4.69) is 10.2 Å². The molecule has 2 heterocycles. The van der Waals surface area contributed by atoms with Crippen LogP contribution in [0.2, 0.25) is 0 Å². The molecule has 2 aromatic rings. The Kier molecular flexibility index (Phi) is 6.31. The molecule has 2 aliphatic rings. The van der Waals surface area contributed by atoms with Crippen molar-refractivity contribution in [3.05, 3.63) is 40.6 Å². The van der Waals surface area contributed by atoms with E-state index in [0.717, 1.165) is 37.1 Å². The van der Waals surface area contributed by atoms with Crippen molar-refractivity contribution < 1.29 is 17.9 Å². The van der Waals surface area contributed by atoms with Gasteiger partial charge in [-0.05, 0) is 36.4 Å². The van der Waals surface area contributed by atoms with E-state index in [1.165, 1.54) is 15.6 Å². The number of thiophene rings is 1. The number of piperazine rings is 1. The van der Waals surface area contributed by atoms with Gasteiger partial charge in [-0.25, -0.2) is 8.42 Å². The molecule has 1 amide bonds. The molecule has 0 radical (unpaired) electrons. The molecule has 1 aromatic heterocycles. The van der Waals surface area contributed by atoms with Gasteiger partial charge in [-0.1, -0.05) is 18.9 Å². The zero-order valence-corrected chi connectivity index (χ0v) is 18.7. The minimum absolute atomic E-state index is 0.123. The molecule has 1 aliphatic heterocycles. The number of hydrogen-bond acceptors (Lipinski definition) is 6.